The molecule has 156 valence electrons. The fraction of sp³-hybridized carbons (Fsp3) is 0.381. The van der Waals surface area contributed by atoms with Crippen molar-refractivity contribution in [3.05, 3.63) is 65.2 Å². The topological polar surface area (TPSA) is 50.8 Å². The number of para-hydroxylation sites is 1. The van der Waals surface area contributed by atoms with Crippen molar-refractivity contribution in [1.82, 2.24) is 10.2 Å². The summed E-state index contributed by atoms with van der Waals surface area (Å²) in [7, 11) is 1.49. The average Bonchev–Trinajstić information content (AvgIpc) is 2.74. The smallest absolute Gasteiger partial charge is 0.416 e. The lowest BCUT2D eigenvalue weighted by Crippen LogP contribution is -2.43. The molecule has 1 aliphatic heterocycles. The van der Waals surface area contributed by atoms with E-state index in [1.165, 1.54) is 19.2 Å². The van der Waals surface area contributed by atoms with E-state index in [-0.39, 0.29) is 18.5 Å². The van der Waals surface area contributed by atoms with Gasteiger partial charge in [0.2, 0.25) is 0 Å². The molecule has 3 rings (SSSR count). The molecule has 0 radical (unpaired) electrons. The molecule has 1 N–H and O–H groups in total. The largest absolute Gasteiger partial charge is 0.496 e. The van der Waals surface area contributed by atoms with E-state index >= 15 is 0 Å². The van der Waals surface area contributed by atoms with Gasteiger partial charge in [0.25, 0.3) is 5.91 Å². The first kappa shape index (κ1) is 21.1. The summed E-state index contributed by atoms with van der Waals surface area (Å²) in [5.74, 6) is 0.162. The third kappa shape index (κ3) is 5.27. The first-order valence-corrected chi connectivity index (χ1v) is 9.30. The Morgan fingerprint density at radius 1 is 1.14 bits per heavy atom. The van der Waals surface area contributed by atoms with Crippen LogP contribution in [0.25, 0.3) is 0 Å². The van der Waals surface area contributed by atoms with E-state index in [1.807, 2.05) is 0 Å². The highest BCUT2D eigenvalue weighted by molar-refractivity contribution is 5.96. The van der Waals surface area contributed by atoms with E-state index in [0.717, 1.165) is 12.1 Å². The zero-order valence-corrected chi connectivity index (χ0v) is 16.0. The van der Waals surface area contributed by atoms with E-state index in [1.54, 1.807) is 24.3 Å². The molecule has 2 aromatic carbocycles. The number of nitrogens with one attached hydrogen (secondary N) is 1. The summed E-state index contributed by atoms with van der Waals surface area (Å²) >= 11 is 0. The average molecular weight is 408 g/mol. The number of carbonyl (C=O) groups excluding carboxylic acids is 1. The minimum absolute atomic E-state index is 0.252. The normalized spacial score (nSPS) is 16.3. The second-order valence-corrected chi connectivity index (χ2v) is 6.69. The number of halogens is 3. The van der Waals surface area contributed by atoms with Gasteiger partial charge in [-0.05, 0) is 29.8 Å². The van der Waals surface area contributed by atoms with Gasteiger partial charge in [0.15, 0.2) is 0 Å². The summed E-state index contributed by atoms with van der Waals surface area (Å²) in [5.41, 5.74) is 0.420. The second-order valence-electron chi connectivity index (χ2n) is 6.69. The molecule has 0 saturated carbocycles. The molecule has 0 aromatic heterocycles. The molecule has 1 heterocycles. The first-order chi connectivity index (χ1) is 13.9. The van der Waals surface area contributed by atoms with Gasteiger partial charge in [-0.25, -0.2) is 0 Å². The number of methoxy groups -OCH3 is 1. The van der Waals surface area contributed by atoms with E-state index < -0.39 is 11.7 Å². The standard InChI is InChI=1S/C21H23F3N2O3/c1-28-19-5-3-2-4-17(19)20(27)25-14-18(26-10-12-29-13-11-26)15-6-8-16(9-7-15)21(22,23)24/h2-9,18H,10-14H2,1H3,(H,25,27). The van der Waals surface area contributed by atoms with Crippen LogP contribution >= 0.6 is 0 Å². The van der Waals surface area contributed by atoms with E-state index in [9.17, 15) is 18.0 Å². The summed E-state index contributed by atoms with van der Waals surface area (Å²) in [5, 5.41) is 2.89. The van der Waals surface area contributed by atoms with Crippen molar-refractivity contribution in [3.8, 4) is 5.75 Å². The number of morpholine rings is 1. The number of rotatable bonds is 6. The SMILES string of the molecule is COc1ccccc1C(=O)NCC(c1ccc(C(F)(F)F)cc1)N1CCOCC1. The van der Waals surface area contributed by atoms with Crippen LogP contribution in [0.3, 0.4) is 0 Å². The Kier molecular flexibility index (Phi) is 6.76. The maximum atomic E-state index is 12.9. The molecule has 0 aliphatic carbocycles. The number of ether oxygens (including phenoxy) is 2. The van der Waals surface area contributed by atoms with Crippen LogP contribution < -0.4 is 10.1 Å². The number of amides is 1. The predicted octanol–water partition coefficient (Wildman–Crippen LogP) is 3.52. The zero-order chi connectivity index (χ0) is 20.9. The van der Waals surface area contributed by atoms with E-state index in [4.69, 9.17) is 9.47 Å². The van der Waals surface area contributed by atoms with Gasteiger partial charge >= 0.3 is 6.18 Å². The van der Waals surface area contributed by atoms with Crippen molar-refractivity contribution >= 4 is 5.91 Å². The Morgan fingerprint density at radius 3 is 2.41 bits per heavy atom. The molecule has 1 atom stereocenters. The van der Waals surface area contributed by atoms with Crippen molar-refractivity contribution in [1.29, 1.82) is 0 Å². The molecule has 29 heavy (non-hydrogen) atoms. The highest BCUT2D eigenvalue weighted by Crippen LogP contribution is 2.31. The Labute approximate surface area is 167 Å². The number of hydrogen-bond donors (Lipinski definition) is 1. The molecule has 1 saturated heterocycles. The highest BCUT2D eigenvalue weighted by atomic mass is 19.4. The molecule has 1 fully saturated rings. The third-order valence-electron chi connectivity index (χ3n) is 4.92. The van der Waals surface area contributed by atoms with Gasteiger partial charge < -0.3 is 14.8 Å². The molecule has 0 spiro atoms. The summed E-state index contributed by atoms with van der Waals surface area (Å²) < 4.78 is 49.3. The van der Waals surface area contributed by atoms with Crippen molar-refractivity contribution in [2.24, 2.45) is 0 Å². The van der Waals surface area contributed by atoms with Gasteiger partial charge in [-0.15, -0.1) is 0 Å². The Hall–Kier alpha value is -2.58. The maximum absolute atomic E-state index is 12.9. The van der Waals surface area contributed by atoms with Crippen LogP contribution in [0, 0.1) is 0 Å². The highest BCUT2D eigenvalue weighted by Gasteiger charge is 2.31. The summed E-state index contributed by atoms with van der Waals surface area (Å²) in [6, 6.07) is 11.7. The summed E-state index contributed by atoms with van der Waals surface area (Å²) in [4.78, 5) is 14.8. The van der Waals surface area contributed by atoms with Crippen LogP contribution in [0.1, 0.15) is 27.5 Å². The molecule has 8 heteroatoms. The lowest BCUT2D eigenvalue weighted by molar-refractivity contribution is -0.137. The number of alkyl halides is 3. The van der Waals surface area contributed by atoms with E-state index in [2.05, 4.69) is 10.2 Å². The number of carbonyl (C=O) groups is 1. The molecular formula is C21H23F3N2O3. The molecule has 1 unspecified atom stereocenters. The van der Waals surface area contributed by atoms with Crippen molar-refractivity contribution in [2.75, 3.05) is 40.0 Å². The zero-order valence-electron chi connectivity index (χ0n) is 16.0. The lowest BCUT2D eigenvalue weighted by atomic mass is 10.0. The molecule has 1 aliphatic rings. The fourth-order valence-electron chi connectivity index (χ4n) is 3.36. The lowest BCUT2D eigenvalue weighted by Gasteiger charge is -2.35. The summed E-state index contributed by atoms with van der Waals surface area (Å²) in [6.45, 7) is 2.60. The maximum Gasteiger partial charge on any atom is 0.416 e. The van der Waals surface area contributed by atoms with Crippen molar-refractivity contribution < 1.29 is 27.4 Å². The summed E-state index contributed by atoms with van der Waals surface area (Å²) in [6.07, 6.45) is -4.38. The monoisotopic (exact) mass is 408 g/mol. The Balaban J connectivity index is 1.78. The fourth-order valence-corrected chi connectivity index (χ4v) is 3.36. The quantitative estimate of drug-likeness (QED) is 0.795. The number of nitrogens with zero attached hydrogens (tertiary/aromatic N) is 1. The van der Waals surface area contributed by atoms with E-state index in [0.29, 0.717) is 43.2 Å². The minimum Gasteiger partial charge on any atom is -0.496 e. The van der Waals surface area contributed by atoms with Crippen molar-refractivity contribution in [2.45, 2.75) is 12.2 Å². The van der Waals surface area contributed by atoms with Gasteiger partial charge in [0.05, 0.1) is 37.5 Å². The molecule has 2 aromatic rings. The molecule has 0 bridgehead atoms. The third-order valence-corrected chi connectivity index (χ3v) is 4.92. The Bertz CT molecular complexity index is 819. The van der Waals surface area contributed by atoms with Crippen LogP contribution in [0.5, 0.6) is 5.75 Å². The van der Waals surface area contributed by atoms with Gasteiger partial charge in [0.1, 0.15) is 5.75 Å². The Morgan fingerprint density at radius 2 is 1.79 bits per heavy atom. The molecular weight excluding hydrogens is 385 g/mol. The van der Waals surface area contributed by atoms with Crippen molar-refractivity contribution in [3.63, 3.8) is 0 Å². The second kappa shape index (κ2) is 9.28. The minimum atomic E-state index is -4.38. The van der Waals surface area contributed by atoms with Gasteiger partial charge in [-0.3, -0.25) is 9.69 Å². The number of hydrogen-bond acceptors (Lipinski definition) is 4. The number of benzene rings is 2. The van der Waals surface area contributed by atoms with Crippen LogP contribution in [0.2, 0.25) is 0 Å². The van der Waals surface area contributed by atoms with Crippen LogP contribution in [-0.2, 0) is 10.9 Å². The van der Waals surface area contributed by atoms with Crippen LogP contribution in [0.15, 0.2) is 48.5 Å². The molecule has 1 amide bonds. The van der Waals surface area contributed by atoms with Gasteiger partial charge in [-0.1, -0.05) is 24.3 Å². The molecule has 5 nitrogen and oxygen atoms in total. The first-order valence-electron chi connectivity index (χ1n) is 9.30. The van der Waals surface area contributed by atoms with Crippen LogP contribution in [-0.4, -0.2) is 50.8 Å². The van der Waals surface area contributed by atoms with Gasteiger partial charge in [0, 0.05) is 19.6 Å². The van der Waals surface area contributed by atoms with Crippen LogP contribution in [0.4, 0.5) is 13.2 Å². The van der Waals surface area contributed by atoms with Gasteiger partial charge in [-0.2, -0.15) is 13.2 Å². The predicted molar refractivity (Wildman–Crippen MR) is 102 cm³/mol.